The van der Waals surface area contributed by atoms with Crippen LogP contribution in [0.15, 0.2) is 30.3 Å². The molecule has 28 heavy (non-hydrogen) atoms. The molecule has 0 saturated carbocycles. The fourth-order valence-electron chi connectivity index (χ4n) is 3.44. The quantitative estimate of drug-likeness (QED) is 0.729. The van der Waals surface area contributed by atoms with Crippen molar-refractivity contribution in [2.45, 2.75) is 47.1 Å². The van der Waals surface area contributed by atoms with E-state index in [9.17, 15) is 13.2 Å². The van der Waals surface area contributed by atoms with E-state index in [1.807, 2.05) is 32.9 Å². The summed E-state index contributed by atoms with van der Waals surface area (Å²) in [5, 5.41) is 3.35. The number of amides is 1. The maximum atomic E-state index is 13.1. The average Bonchev–Trinajstić information content (AvgIpc) is 2.57. The number of nitrogens with one attached hydrogen (secondary N) is 1. The second kappa shape index (κ2) is 8.53. The minimum Gasteiger partial charge on any atom is -0.324 e. The molecule has 7 heteroatoms. The van der Waals surface area contributed by atoms with Crippen molar-refractivity contribution in [3.05, 3.63) is 57.6 Å². The number of halogens is 1. The number of anilines is 2. The van der Waals surface area contributed by atoms with Crippen LogP contribution in [0.25, 0.3) is 0 Å². The summed E-state index contributed by atoms with van der Waals surface area (Å²) in [6.45, 7) is 9.42. The molecule has 1 atom stereocenters. The van der Waals surface area contributed by atoms with Crippen molar-refractivity contribution in [2.24, 2.45) is 0 Å². The van der Waals surface area contributed by atoms with Crippen LogP contribution in [-0.4, -0.2) is 26.6 Å². The van der Waals surface area contributed by atoms with Crippen LogP contribution >= 0.6 is 11.6 Å². The zero-order chi connectivity index (χ0) is 21.2. The molecule has 2 rings (SSSR count). The summed E-state index contributed by atoms with van der Waals surface area (Å²) in [5.74, 6) is -0.373. The van der Waals surface area contributed by atoms with E-state index in [-0.39, 0.29) is 5.91 Å². The number of sulfonamides is 1. The lowest BCUT2D eigenvalue weighted by atomic mass is 10.0. The SMILES string of the molecule is CC[C@@H](C(=O)Nc1c(C)cc(C)cc1C)N(c1cc(Cl)ccc1C)S(C)(=O)=O. The number of benzene rings is 2. The molecule has 0 aromatic heterocycles. The highest BCUT2D eigenvalue weighted by atomic mass is 35.5. The van der Waals surface area contributed by atoms with Gasteiger partial charge in [-0.2, -0.15) is 0 Å². The minimum absolute atomic E-state index is 0.314. The van der Waals surface area contributed by atoms with Crippen LogP contribution in [0, 0.1) is 27.7 Å². The number of hydrogen-bond acceptors (Lipinski definition) is 3. The highest BCUT2D eigenvalue weighted by molar-refractivity contribution is 7.92. The van der Waals surface area contributed by atoms with E-state index in [0.717, 1.165) is 28.5 Å². The first-order valence-corrected chi connectivity index (χ1v) is 11.3. The van der Waals surface area contributed by atoms with Crippen molar-refractivity contribution < 1.29 is 13.2 Å². The fourth-order valence-corrected chi connectivity index (χ4v) is 4.87. The van der Waals surface area contributed by atoms with E-state index in [2.05, 4.69) is 5.32 Å². The first kappa shape index (κ1) is 22.2. The summed E-state index contributed by atoms with van der Waals surface area (Å²) in [4.78, 5) is 13.1. The van der Waals surface area contributed by atoms with Crippen LogP contribution in [-0.2, 0) is 14.8 Å². The van der Waals surface area contributed by atoms with Crippen LogP contribution < -0.4 is 9.62 Å². The van der Waals surface area contributed by atoms with Crippen LogP contribution in [0.4, 0.5) is 11.4 Å². The van der Waals surface area contributed by atoms with Crippen LogP contribution in [0.2, 0.25) is 5.02 Å². The molecule has 0 heterocycles. The Kier molecular flexibility index (Phi) is 6.78. The molecule has 1 amide bonds. The van der Waals surface area contributed by atoms with Crippen molar-refractivity contribution >= 4 is 38.9 Å². The molecule has 0 saturated heterocycles. The molecular weight excluding hydrogens is 396 g/mol. The number of nitrogens with zero attached hydrogens (tertiary/aromatic N) is 1. The molecule has 5 nitrogen and oxygen atoms in total. The van der Waals surface area contributed by atoms with Gasteiger partial charge >= 0.3 is 0 Å². The summed E-state index contributed by atoms with van der Waals surface area (Å²) in [6, 6.07) is 8.09. The maximum Gasteiger partial charge on any atom is 0.248 e. The van der Waals surface area contributed by atoms with Crippen molar-refractivity contribution in [2.75, 3.05) is 15.9 Å². The van der Waals surface area contributed by atoms with Gasteiger partial charge < -0.3 is 5.32 Å². The number of carbonyl (C=O) groups is 1. The van der Waals surface area contributed by atoms with Crippen LogP contribution in [0.1, 0.15) is 35.6 Å². The third-order valence-corrected chi connectivity index (χ3v) is 6.06. The Hall–Kier alpha value is -2.05. The largest absolute Gasteiger partial charge is 0.324 e. The topological polar surface area (TPSA) is 66.5 Å². The molecule has 0 aliphatic carbocycles. The van der Waals surface area contributed by atoms with Gasteiger partial charge in [0.1, 0.15) is 6.04 Å². The summed E-state index contributed by atoms with van der Waals surface area (Å²) in [6.07, 6.45) is 1.42. The Morgan fingerprint density at radius 2 is 1.64 bits per heavy atom. The summed E-state index contributed by atoms with van der Waals surface area (Å²) >= 11 is 6.10. The van der Waals surface area contributed by atoms with E-state index in [1.54, 1.807) is 32.0 Å². The molecule has 0 aliphatic rings. The Balaban J connectivity index is 2.50. The lowest BCUT2D eigenvalue weighted by molar-refractivity contribution is -0.117. The van der Waals surface area contributed by atoms with Crippen molar-refractivity contribution in [3.8, 4) is 0 Å². The van der Waals surface area contributed by atoms with Crippen LogP contribution in [0.3, 0.4) is 0 Å². The molecule has 1 N–H and O–H groups in total. The molecule has 0 fully saturated rings. The summed E-state index contributed by atoms with van der Waals surface area (Å²) in [5.41, 5.74) is 4.83. The third kappa shape index (κ3) is 4.86. The number of rotatable bonds is 6. The van der Waals surface area contributed by atoms with Crippen molar-refractivity contribution in [1.82, 2.24) is 0 Å². The summed E-state index contributed by atoms with van der Waals surface area (Å²) < 4.78 is 26.4. The highest BCUT2D eigenvalue weighted by Crippen LogP contribution is 2.30. The molecule has 0 radical (unpaired) electrons. The predicted octanol–water partition coefficient (Wildman–Crippen LogP) is 4.76. The Morgan fingerprint density at radius 3 is 2.14 bits per heavy atom. The zero-order valence-corrected chi connectivity index (χ0v) is 18.7. The van der Waals surface area contributed by atoms with E-state index < -0.39 is 16.1 Å². The number of aryl methyl sites for hydroxylation is 4. The molecule has 2 aromatic carbocycles. The molecule has 0 spiro atoms. The Bertz CT molecular complexity index is 980. The predicted molar refractivity (Wildman–Crippen MR) is 117 cm³/mol. The first-order valence-electron chi connectivity index (χ1n) is 9.10. The van der Waals surface area contributed by atoms with Gasteiger partial charge in [-0.15, -0.1) is 0 Å². The monoisotopic (exact) mass is 422 g/mol. The van der Waals surface area contributed by atoms with Gasteiger partial charge in [0.2, 0.25) is 15.9 Å². The fraction of sp³-hybridized carbons (Fsp3) is 0.381. The molecular formula is C21H27ClN2O3S. The molecule has 0 bridgehead atoms. The number of carbonyl (C=O) groups excluding carboxylic acids is 1. The van der Waals surface area contributed by atoms with Gasteiger partial charge in [-0.25, -0.2) is 8.42 Å². The molecule has 0 aliphatic heterocycles. The Labute approximate surface area is 172 Å². The van der Waals surface area contributed by atoms with Crippen LogP contribution in [0.5, 0.6) is 0 Å². The average molecular weight is 423 g/mol. The van der Waals surface area contributed by atoms with Crippen molar-refractivity contribution in [3.63, 3.8) is 0 Å². The standard InChI is InChI=1S/C21H27ClN2O3S/c1-7-18(21(25)23-20-15(4)10-13(2)11-16(20)5)24(28(6,26)27)19-12-17(22)9-8-14(19)3/h8-12,18H,7H2,1-6H3,(H,23,25)/t18-/m0/s1. The smallest absolute Gasteiger partial charge is 0.248 e. The lowest BCUT2D eigenvalue weighted by Crippen LogP contribution is -2.47. The van der Waals surface area contributed by atoms with Crippen molar-refractivity contribution in [1.29, 1.82) is 0 Å². The first-order chi connectivity index (χ1) is 13.0. The van der Waals surface area contributed by atoms with Gasteiger partial charge in [0, 0.05) is 10.7 Å². The van der Waals surface area contributed by atoms with Gasteiger partial charge in [0.15, 0.2) is 0 Å². The van der Waals surface area contributed by atoms with Gasteiger partial charge in [-0.1, -0.05) is 42.3 Å². The van der Waals surface area contributed by atoms with E-state index in [1.165, 1.54) is 4.31 Å². The van der Waals surface area contributed by atoms with E-state index in [0.29, 0.717) is 22.8 Å². The van der Waals surface area contributed by atoms with Gasteiger partial charge in [-0.3, -0.25) is 9.10 Å². The molecule has 0 unspecified atom stereocenters. The number of hydrogen-bond donors (Lipinski definition) is 1. The van der Waals surface area contributed by atoms with E-state index >= 15 is 0 Å². The highest BCUT2D eigenvalue weighted by Gasteiger charge is 2.33. The second-order valence-electron chi connectivity index (χ2n) is 7.18. The van der Waals surface area contributed by atoms with Gasteiger partial charge in [0.25, 0.3) is 0 Å². The normalized spacial score (nSPS) is 12.5. The van der Waals surface area contributed by atoms with Gasteiger partial charge in [-0.05, 0) is 62.9 Å². The molecule has 152 valence electrons. The minimum atomic E-state index is -3.72. The lowest BCUT2D eigenvalue weighted by Gasteiger charge is -2.31. The Morgan fingerprint density at radius 1 is 1.07 bits per heavy atom. The second-order valence-corrected chi connectivity index (χ2v) is 9.47. The zero-order valence-electron chi connectivity index (χ0n) is 17.1. The maximum absolute atomic E-state index is 13.1. The van der Waals surface area contributed by atoms with Gasteiger partial charge in [0.05, 0.1) is 11.9 Å². The van der Waals surface area contributed by atoms with E-state index in [4.69, 9.17) is 11.6 Å². The third-order valence-electron chi connectivity index (χ3n) is 4.66. The molecule has 2 aromatic rings. The summed E-state index contributed by atoms with van der Waals surface area (Å²) in [7, 11) is -3.72.